The van der Waals surface area contributed by atoms with Gasteiger partial charge in [-0.05, 0) is 41.1 Å². The third kappa shape index (κ3) is 4.99. The molecule has 1 aromatic carbocycles. The van der Waals surface area contributed by atoms with Crippen molar-refractivity contribution < 1.29 is 19.5 Å². The van der Waals surface area contributed by atoms with Crippen LogP contribution in [-0.2, 0) is 9.59 Å². The molecule has 1 aromatic rings. The van der Waals surface area contributed by atoms with Crippen LogP contribution in [0.2, 0.25) is 5.02 Å². The number of carbonyl (C=O) groups excluding carboxylic acids is 2. The molecule has 0 aliphatic heterocycles. The molecule has 1 unspecified atom stereocenters. The SMILES string of the molecule is CC(=O)NCCN(C(=O)c1cc(Cl)ccc1Br)C(C)C(=O)O. The van der Waals surface area contributed by atoms with Crippen LogP contribution < -0.4 is 5.32 Å². The van der Waals surface area contributed by atoms with Gasteiger partial charge in [0.15, 0.2) is 0 Å². The quantitative estimate of drug-likeness (QED) is 0.778. The minimum Gasteiger partial charge on any atom is -0.480 e. The Bertz CT molecular complexity index is 594. The van der Waals surface area contributed by atoms with Crippen LogP contribution in [0, 0.1) is 0 Å². The standard InChI is InChI=1S/C14H16BrClN2O4/c1-8(14(21)22)18(6-5-17-9(2)19)13(20)11-7-10(16)3-4-12(11)15/h3-4,7-8H,5-6H2,1-2H3,(H,17,19)(H,21,22). The van der Waals surface area contributed by atoms with Crippen molar-refractivity contribution in [2.45, 2.75) is 19.9 Å². The minimum absolute atomic E-state index is 0.0742. The van der Waals surface area contributed by atoms with E-state index in [-0.39, 0.29) is 24.6 Å². The number of nitrogens with one attached hydrogen (secondary N) is 1. The summed E-state index contributed by atoms with van der Waals surface area (Å²) in [5.74, 6) is -1.86. The third-order valence-electron chi connectivity index (χ3n) is 2.97. The van der Waals surface area contributed by atoms with Crippen LogP contribution in [-0.4, -0.2) is 46.9 Å². The second-order valence-electron chi connectivity index (χ2n) is 4.62. The Morgan fingerprint density at radius 2 is 2.05 bits per heavy atom. The van der Waals surface area contributed by atoms with Crippen LogP contribution in [0.15, 0.2) is 22.7 Å². The molecule has 0 heterocycles. The molecule has 0 fully saturated rings. The molecule has 0 aliphatic carbocycles. The average Bonchev–Trinajstić information content (AvgIpc) is 2.44. The molecule has 22 heavy (non-hydrogen) atoms. The number of aliphatic carboxylic acids is 1. The molecule has 1 rings (SSSR count). The second kappa shape index (κ2) is 8.14. The van der Waals surface area contributed by atoms with E-state index in [1.54, 1.807) is 12.1 Å². The Hall–Kier alpha value is -1.60. The van der Waals surface area contributed by atoms with Gasteiger partial charge in [0.1, 0.15) is 6.04 Å². The van der Waals surface area contributed by atoms with Gasteiger partial charge in [0.25, 0.3) is 5.91 Å². The minimum atomic E-state index is -1.13. The molecule has 0 spiro atoms. The third-order valence-corrected chi connectivity index (χ3v) is 3.90. The first-order valence-electron chi connectivity index (χ1n) is 6.47. The van der Waals surface area contributed by atoms with Crippen molar-refractivity contribution in [3.05, 3.63) is 33.3 Å². The number of hydrogen-bond acceptors (Lipinski definition) is 3. The number of amides is 2. The summed E-state index contributed by atoms with van der Waals surface area (Å²) in [6.45, 7) is 2.99. The molecule has 6 nitrogen and oxygen atoms in total. The monoisotopic (exact) mass is 390 g/mol. The van der Waals surface area contributed by atoms with E-state index in [0.717, 1.165) is 0 Å². The maximum absolute atomic E-state index is 12.6. The molecular weight excluding hydrogens is 376 g/mol. The predicted octanol–water partition coefficient (Wildman–Crippen LogP) is 2.15. The Morgan fingerprint density at radius 1 is 1.41 bits per heavy atom. The Balaban J connectivity index is 3.03. The Kier molecular flexibility index (Phi) is 6.83. The lowest BCUT2D eigenvalue weighted by molar-refractivity contribution is -0.141. The summed E-state index contributed by atoms with van der Waals surface area (Å²) >= 11 is 9.14. The summed E-state index contributed by atoms with van der Waals surface area (Å²) in [7, 11) is 0. The topological polar surface area (TPSA) is 86.7 Å². The van der Waals surface area contributed by atoms with E-state index < -0.39 is 17.9 Å². The molecule has 0 radical (unpaired) electrons. The zero-order valence-corrected chi connectivity index (χ0v) is 14.4. The molecule has 0 aliphatic rings. The fourth-order valence-corrected chi connectivity index (χ4v) is 2.36. The van der Waals surface area contributed by atoms with E-state index >= 15 is 0 Å². The molecule has 1 atom stereocenters. The zero-order chi connectivity index (χ0) is 16.9. The van der Waals surface area contributed by atoms with E-state index in [2.05, 4.69) is 21.2 Å². The summed E-state index contributed by atoms with van der Waals surface area (Å²) in [5, 5.41) is 12.1. The number of nitrogens with zero attached hydrogens (tertiary/aromatic N) is 1. The van der Waals surface area contributed by atoms with Crippen LogP contribution in [0.25, 0.3) is 0 Å². The van der Waals surface area contributed by atoms with Crippen molar-refractivity contribution in [2.24, 2.45) is 0 Å². The molecule has 0 bridgehead atoms. The van der Waals surface area contributed by atoms with Gasteiger partial charge in [-0.3, -0.25) is 9.59 Å². The summed E-state index contributed by atoms with van der Waals surface area (Å²) in [4.78, 5) is 35.9. The highest BCUT2D eigenvalue weighted by Crippen LogP contribution is 2.23. The van der Waals surface area contributed by atoms with Crippen LogP contribution in [0.5, 0.6) is 0 Å². The summed E-state index contributed by atoms with van der Waals surface area (Å²) in [6.07, 6.45) is 0. The van der Waals surface area contributed by atoms with Gasteiger partial charge in [-0.25, -0.2) is 4.79 Å². The van der Waals surface area contributed by atoms with Crippen molar-refractivity contribution in [3.63, 3.8) is 0 Å². The molecule has 0 aromatic heterocycles. The number of carboxylic acids is 1. The van der Waals surface area contributed by atoms with E-state index in [0.29, 0.717) is 9.50 Å². The first-order chi connectivity index (χ1) is 10.2. The summed E-state index contributed by atoms with van der Waals surface area (Å²) < 4.78 is 0.518. The van der Waals surface area contributed by atoms with Crippen molar-refractivity contribution in [1.82, 2.24) is 10.2 Å². The molecular formula is C14H16BrClN2O4. The van der Waals surface area contributed by atoms with Gasteiger partial charge in [-0.1, -0.05) is 11.6 Å². The number of benzene rings is 1. The van der Waals surface area contributed by atoms with Crippen molar-refractivity contribution in [1.29, 1.82) is 0 Å². The maximum atomic E-state index is 12.6. The average molecular weight is 392 g/mol. The van der Waals surface area contributed by atoms with Gasteiger partial charge >= 0.3 is 5.97 Å². The highest BCUT2D eigenvalue weighted by molar-refractivity contribution is 9.10. The van der Waals surface area contributed by atoms with Crippen molar-refractivity contribution in [3.8, 4) is 0 Å². The number of carboxylic acid groups (broad SMARTS) is 1. The van der Waals surface area contributed by atoms with Crippen molar-refractivity contribution >= 4 is 45.3 Å². The predicted molar refractivity (Wildman–Crippen MR) is 86.0 cm³/mol. The highest BCUT2D eigenvalue weighted by atomic mass is 79.9. The summed E-state index contributed by atoms with van der Waals surface area (Å²) in [6, 6.07) is 3.66. The molecule has 8 heteroatoms. The van der Waals surface area contributed by atoms with Crippen molar-refractivity contribution in [2.75, 3.05) is 13.1 Å². The van der Waals surface area contributed by atoms with Crippen LogP contribution in [0.1, 0.15) is 24.2 Å². The van der Waals surface area contributed by atoms with Gasteiger partial charge in [-0.15, -0.1) is 0 Å². The second-order valence-corrected chi connectivity index (χ2v) is 5.91. The number of halogens is 2. The van der Waals surface area contributed by atoms with E-state index in [9.17, 15) is 14.4 Å². The first kappa shape index (κ1) is 18.4. The maximum Gasteiger partial charge on any atom is 0.326 e. The van der Waals surface area contributed by atoms with Crippen LogP contribution >= 0.6 is 27.5 Å². The lowest BCUT2D eigenvalue weighted by atomic mass is 10.1. The fraction of sp³-hybridized carbons (Fsp3) is 0.357. The first-order valence-corrected chi connectivity index (χ1v) is 7.64. The van der Waals surface area contributed by atoms with E-state index in [1.165, 1.54) is 24.8 Å². The normalized spacial score (nSPS) is 11.6. The highest BCUT2D eigenvalue weighted by Gasteiger charge is 2.27. The number of rotatable bonds is 6. The Labute approximate surface area is 141 Å². The van der Waals surface area contributed by atoms with Gasteiger partial charge in [-0.2, -0.15) is 0 Å². The number of hydrogen-bond donors (Lipinski definition) is 2. The van der Waals surface area contributed by atoms with Gasteiger partial charge in [0.2, 0.25) is 5.91 Å². The molecule has 2 amide bonds. The molecule has 0 saturated heterocycles. The number of carbonyl (C=O) groups is 3. The van der Waals surface area contributed by atoms with Gasteiger partial charge in [0, 0.05) is 29.5 Å². The van der Waals surface area contributed by atoms with Crippen LogP contribution in [0.4, 0.5) is 0 Å². The smallest absolute Gasteiger partial charge is 0.326 e. The fourth-order valence-electron chi connectivity index (χ4n) is 1.77. The lowest BCUT2D eigenvalue weighted by Gasteiger charge is -2.27. The van der Waals surface area contributed by atoms with Gasteiger partial charge in [0.05, 0.1) is 5.56 Å². The Morgan fingerprint density at radius 3 is 2.59 bits per heavy atom. The zero-order valence-electron chi connectivity index (χ0n) is 12.1. The molecule has 120 valence electrons. The molecule has 2 N–H and O–H groups in total. The van der Waals surface area contributed by atoms with Gasteiger partial charge < -0.3 is 15.3 Å². The summed E-state index contributed by atoms with van der Waals surface area (Å²) in [5.41, 5.74) is 0.267. The van der Waals surface area contributed by atoms with Crippen LogP contribution in [0.3, 0.4) is 0 Å². The lowest BCUT2D eigenvalue weighted by Crippen LogP contribution is -2.46. The van der Waals surface area contributed by atoms with E-state index in [4.69, 9.17) is 16.7 Å². The molecule has 0 saturated carbocycles. The van der Waals surface area contributed by atoms with E-state index in [1.807, 2.05) is 0 Å². The largest absolute Gasteiger partial charge is 0.480 e.